The van der Waals surface area contributed by atoms with E-state index in [9.17, 15) is 37.7 Å². The molecule has 0 aliphatic carbocycles. The first kappa shape index (κ1) is 25.4. The number of esters is 1. The zero-order valence-electron chi connectivity index (χ0n) is 16.5. The summed E-state index contributed by atoms with van der Waals surface area (Å²) in [5.74, 6) is -1.99. The molecule has 0 aliphatic rings. The first-order chi connectivity index (χ1) is 15.4. The van der Waals surface area contributed by atoms with Crippen LogP contribution in [0.5, 0.6) is 0 Å². The molecule has 0 fully saturated rings. The number of primary amides is 1. The molecule has 176 valence electrons. The van der Waals surface area contributed by atoms with Crippen molar-refractivity contribution in [2.45, 2.75) is 18.6 Å². The smallest absolute Gasteiger partial charge is 0.416 e. The van der Waals surface area contributed by atoms with Gasteiger partial charge in [-0.1, -0.05) is 29.8 Å². The minimum Gasteiger partial charge on any atom is -0.455 e. The number of anilines is 1. The summed E-state index contributed by atoms with van der Waals surface area (Å²) in [4.78, 5) is 45.4. The molecule has 4 N–H and O–H groups in total. The van der Waals surface area contributed by atoms with Crippen LogP contribution >= 0.6 is 11.6 Å². The van der Waals surface area contributed by atoms with E-state index in [1.54, 1.807) is 12.1 Å². The number of hydrogen-bond acceptors (Lipinski definition) is 6. The Kier molecular flexibility index (Phi) is 8.18. The number of alkyl halides is 3. The summed E-state index contributed by atoms with van der Waals surface area (Å²) in [5, 5.41) is 15.6. The van der Waals surface area contributed by atoms with E-state index in [4.69, 9.17) is 22.1 Å². The van der Waals surface area contributed by atoms with Crippen molar-refractivity contribution < 1.29 is 37.2 Å². The molecular weight excluding hydrogens is 473 g/mol. The van der Waals surface area contributed by atoms with Crippen LogP contribution in [0.4, 0.5) is 29.3 Å². The summed E-state index contributed by atoms with van der Waals surface area (Å²) in [6.07, 6.45) is -5.28. The molecule has 0 saturated heterocycles. The molecule has 14 heteroatoms. The van der Waals surface area contributed by atoms with Crippen LogP contribution in [0, 0.1) is 10.1 Å². The minimum atomic E-state index is -4.82. The number of nitro benzene ring substituents is 1. The Labute approximate surface area is 189 Å². The number of halogens is 4. The van der Waals surface area contributed by atoms with Crippen LogP contribution in [0.25, 0.3) is 0 Å². The maximum Gasteiger partial charge on any atom is 0.416 e. The normalized spacial score (nSPS) is 11.9. The molecule has 2 aromatic carbocycles. The number of amides is 3. The van der Waals surface area contributed by atoms with Crippen LogP contribution in [-0.2, 0) is 20.5 Å². The second-order valence-corrected chi connectivity index (χ2v) is 6.89. The van der Waals surface area contributed by atoms with Gasteiger partial charge in [0.05, 0.1) is 22.9 Å². The number of ether oxygens (including phenoxy) is 1. The quantitative estimate of drug-likeness (QED) is 0.293. The molecule has 0 radical (unpaired) electrons. The van der Waals surface area contributed by atoms with E-state index in [0.29, 0.717) is 17.7 Å². The monoisotopic (exact) mass is 488 g/mol. The number of nitrogens with two attached hydrogens (primary N) is 1. The van der Waals surface area contributed by atoms with E-state index in [2.05, 4.69) is 5.32 Å². The maximum atomic E-state index is 12.8. The summed E-state index contributed by atoms with van der Waals surface area (Å²) in [7, 11) is 0. The molecule has 33 heavy (non-hydrogen) atoms. The van der Waals surface area contributed by atoms with Crippen molar-refractivity contribution in [2.24, 2.45) is 5.73 Å². The Bertz CT molecular complexity index is 1080. The van der Waals surface area contributed by atoms with E-state index < -0.39 is 65.0 Å². The molecule has 2 rings (SSSR count). The van der Waals surface area contributed by atoms with Gasteiger partial charge in [-0.15, -0.1) is 0 Å². The number of nitro groups is 1. The molecule has 0 aromatic heterocycles. The van der Waals surface area contributed by atoms with Crippen LogP contribution in [0.2, 0.25) is 5.02 Å². The summed E-state index contributed by atoms with van der Waals surface area (Å²) >= 11 is 6.05. The number of nitrogens with one attached hydrogen (secondary N) is 2. The van der Waals surface area contributed by atoms with Gasteiger partial charge in [0, 0.05) is 11.1 Å². The van der Waals surface area contributed by atoms with Crippen molar-refractivity contribution in [3.8, 4) is 0 Å². The van der Waals surface area contributed by atoms with Crippen LogP contribution in [-0.4, -0.2) is 29.4 Å². The maximum absolute atomic E-state index is 12.8. The fourth-order valence-corrected chi connectivity index (χ4v) is 2.96. The molecule has 2 aromatic rings. The van der Waals surface area contributed by atoms with Gasteiger partial charge in [-0.25, -0.2) is 4.79 Å². The van der Waals surface area contributed by atoms with Gasteiger partial charge in [0.25, 0.3) is 11.6 Å². The first-order valence-corrected chi connectivity index (χ1v) is 9.37. The molecule has 1 atom stereocenters. The summed E-state index contributed by atoms with van der Waals surface area (Å²) in [6.45, 7) is -0.900. The first-order valence-electron chi connectivity index (χ1n) is 9.00. The van der Waals surface area contributed by atoms with E-state index in [1.807, 2.05) is 5.32 Å². The second kappa shape index (κ2) is 10.6. The van der Waals surface area contributed by atoms with Crippen LogP contribution in [0.3, 0.4) is 0 Å². The third kappa shape index (κ3) is 7.35. The average Bonchev–Trinajstić information content (AvgIpc) is 2.71. The van der Waals surface area contributed by atoms with E-state index in [0.717, 1.165) is 0 Å². The lowest BCUT2D eigenvalue weighted by Crippen LogP contribution is -2.35. The standard InChI is InChI=1S/C19H16ClF3N4O6/c20-12-4-2-1-3-11(12)14(26-18(24)30)8-17(29)33-9-16(28)25-13-6-5-10(19(21,22)23)7-15(13)27(31)32/h1-7,14H,8-9H2,(H,25,28)(H3,24,26,30). The van der Waals surface area contributed by atoms with Gasteiger partial charge < -0.3 is 21.1 Å². The van der Waals surface area contributed by atoms with Crippen LogP contribution in [0.1, 0.15) is 23.6 Å². The molecule has 1 unspecified atom stereocenters. The van der Waals surface area contributed by atoms with Gasteiger partial charge in [-0.05, 0) is 23.8 Å². The van der Waals surface area contributed by atoms with Gasteiger partial charge in [-0.3, -0.25) is 19.7 Å². The van der Waals surface area contributed by atoms with Crippen molar-refractivity contribution in [1.29, 1.82) is 0 Å². The lowest BCUT2D eigenvalue weighted by Gasteiger charge is -2.18. The van der Waals surface area contributed by atoms with Crippen molar-refractivity contribution in [1.82, 2.24) is 5.32 Å². The summed E-state index contributed by atoms with van der Waals surface area (Å²) < 4.78 is 43.1. The molecule has 10 nitrogen and oxygen atoms in total. The number of nitrogens with zero attached hydrogens (tertiary/aromatic N) is 1. The van der Waals surface area contributed by atoms with Crippen LogP contribution in [0.15, 0.2) is 42.5 Å². The summed E-state index contributed by atoms with van der Waals surface area (Å²) in [5.41, 5.74) is 2.69. The highest BCUT2D eigenvalue weighted by Crippen LogP contribution is 2.35. The fourth-order valence-electron chi connectivity index (χ4n) is 2.69. The molecule has 3 amide bonds. The minimum absolute atomic E-state index is 0.233. The predicted molar refractivity (Wildman–Crippen MR) is 109 cm³/mol. The van der Waals surface area contributed by atoms with E-state index in [-0.39, 0.29) is 11.1 Å². The zero-order valence-corrected chi connectivity index (χ0v) is 17.3. The molecule has 0 aliphatic heterocycles. The predicted octanol–water partition coefficient (Wildman–Crippen LogP) is 3.55. The van der Waals surface area contributed by atoms with E-state index >= 15 is 0 Å². The highest BCUT2D eigenvalue weighted by molar-refractivity contribution is 6.31. The Morgan fingerprint density at radius 3 is 2.42 bits per heavy atom. The van der Waals surface area contributed by atoms with Gasteiger partial charge >= 0.3 is 18.2 Å². The fraction of sp³-hybridized carbons (Fsp3) is 0.211. The van der Waals surface area contributed by atoms with Crippen molar-refractivity contribution in [3.63, 3.8) is 0 Å². The SMILES string of the molecule is NC(=O)NC(CC(=O)OCC(=O)Nc1ccc(C(F)(F)F)cc1[N+](=O)[O-])c1ccccc1Cl. The Morgan fingerprint density at radius 1 is 1.18 bits per heavy atom. The van der Waals surface area contributed by atoms with Gasteiger partial charge in [0.2, 0.25) is 0 Å². The number of carbonyl (C=O) groups is 3. The topological polar surface area (TPSA) is 154 Å². The molecule has 0 saturated carbocycles. The zero-order chi connectivity index (χ0) is 24.8. The van der Waals surface area contributed by atoms with Gasteiger partial charge in [-0.2, -0.15) is 13.2 Å². The van der Waals surface area contributed by atoms with Gasteiger partial charge in [0.1, 0.15) is 5.69 Å². The van der Waals surface area contributed by atoms with Crippen molar-refractivity contribution in [2.75, 3.05) is 11.9 Å². The number of urea groups is 1. The number of carbonyl (C=O) groups excluding carboxylic acids is 3. The number of benzene rings is 2. The summed E-state index contributed by atoms with van der Waals surface area (Å²) in [6, 6.07) is 5.90. The highest BCUT2D eigenvalue weighted by Gasteiger charge is 2.33. The third-order valence-electron chi connectivity index (χ3n) is 4.13. The number of hydrogen-bond donors (Lipinski definition) is 3. The van der Waals surface area contributed by atoms with Gasteiger partial charge in [0.15, 0.2) is 6.61 Å². The number of rotatable bonds is 8. The Balaban J connectivity index is 2.04. The lowest BCUT2D eigenvalue weighted by molar-refractivity contribution is -0.384. The van der Waals surface area contributed by atoms with Crippen molar-refractivity contribution >= 4 is 40.9 Å². The second-order valence-electron chi connectivity index (χ2n) is 6.48. The lowest BCUT2D eigenvalue weighted by atomic mass is 10.0. The largest absolute Gasteiger partial charge is 0.455 e. The van der Waals surface area contributed by atoms with Crippen LogP contribution < -0.4 is 16.4 Å². The third-order valence-corrected chi connectivity index (χ3v) is 4.47. The average molecular weight is 489 g/mol. The van der Waals surface area contributed by atoms with Crippen molar-refractivity contribution in [3.05, 3.63) is 68.7 Å². The van der Waals surface area contributed by atoms with E-state index in [1.165, 1.54) is 12.1 Å². The molecule has 0 bridgehead atoms. The molecular formula is C19H16ClF3N4O6. The molecule has 0 spiro atoms. The Morgan fingerprint density at radius 2 is 1.85 bits per heavy atom. The molecule has 0 heterocycles. The Hall–Kier alpha value is -3.87. The highest BCUT2D eigenvalue weighted by atomic mass is 35.5.